The maximum Gasteiger partial charge on any atom is 0.266 e. The number of hydrogen-bond donors (Lipinski definition) is 1. The third-order valence-electron chi connectivity index (χ3n) is 2.55. The van der Waals surface area contributed by atoms with Gasteiger partial charge >= 0.3 is 0 Å². The second kappa shape index (κ2) is 3.66. The van der Waals surface area contributed by atoms with Gasteiger partial charge in [-0.15, -0.1) is 0 Å². The topological polar surface area (TPSA) is 80.3 Å². The average Bonchev–Trinajstić information content (AvgIpc) is 2.48. The van der Waals surface area contributed by atoms with E-state index in [9.17, 15) is 18.0 Å². The number of amides is 1. The first-order chi connectivity index (χ1) is 7.83. The number of fused-ring (bicyclic) bond motifs is 1. The molecule has 0 atom stereocenters. The Balaban J connectivity index is 2.60. The lowest BCUT2D eigenvalue weighted by atomic mass is 10.00. The summed E-state index contributed by atoms with van der Waals surface area (Å²) >= 11 is 0. The highest BCUT2D eigenvalue weighted by Gasteiger charge is 2.33. The number of nitrogens with one attached hydrogen (secondary N) is 1. The van der Waals surface area contributed by atoms with E-state index in [2.05, 4.69) is 0 Å². The summed E-state index contributed by atoms with van der Waals surface area (Å²) in [7, 11) is -3.79. The minimum atomic E-state index is -3.79. The minimum Gasteiger partial charge on any atom is -0.294 e. The van der Waals surface area contributed by atoms with Crippen molar-refractivity contribution in [1.82, 2.24) is 4.72 Å². The maximum atomic E-state index is 11.7. The van der Waals surface area contributed by atoms with Crippen LogP contribution in [0.5, 0.6) is 0 Å². The smallest absolute Gasteiger partial charge is 0.266 e. The third kappa shape index (κ3) is 1.84. The first kappa shape index (κ1) is 11.8. The molecule has 90 valence electrons. The molecule has 0 saturated heterocycles. The molecular formula is C11H11NO4S. The summed E-state index contributed by atoms with van der Waals surface area (Å²) in [6.45, 7) is 3.46. The number of Topliss-reactive ketones (excluding diaryl/α,β-unsaturated/α-hetero) is 1. The van der Waals surface area contributed by atoms with Crippen LogP contribution in [0.1, 0.15) is 34.6 Å². The van der Waals surface area contributed by atoms with Crippen LogP contribution in [0, 0.1) is 5.92 Å². The highest BCUT2D eigenvalue weighted by Crippen LogP contribution is 2.24. The van der Waals surface area contributed by atoms with Gasteiger partial charge in [-0.05, 0) is 12.1 Å². The van der Waals surface area contributed by atoms with Gasteiger partial charge in [-0.2, -0.15) is 0 Å². The van der Waals surface area contributed by atoms with Gasteiger partial charge in [0.1, 0.15) is 4.90 Å². The van der Waals surface area contributed by atoms with E-state index >= 15 is 0 Å². The molecule has 1 N–H and O–H groups in total. The fourth-order valence-electron chi connectivity index (χ4n) is 1.65. The Morgan fingerprint density at radius 1 is 1.29 bits per heavy atom. The first-order valence-corrected chi connectivity index (χ1v) is 6.56. The minimum absolute atomic E-state index is 0.0882. The van der Waals surface area contributed by atoms with Crippen LogP contribution in [0.25, 0.3) is 0 Å². The normalized spacial score (nSPS) is 16.8. The number of hydrogen-bond acceptors (Lipinski definition) is 4. The van der Waals surface area contributed by atoms with E-state index in [1.165, 1.54) is 18.2 Å². The number of sulfonamides is 1. The van der Waals surface area contributed by atoms with Crippen LogP contribution in [0.15, 0.2) is 23.1 Å². The van der Waals surface area contributed by atoms with Crippen molar-refractivity contribution in [3.8, 4) is 0 Å². The monoisotopic (exact) mass is 253 g/mol. The van der Waals surface area contributed by atoms with Crippen LogP contribution in [0.4, 0.5) is 0 Å². The summed E-state index contributed by atoms with van der Waals surface area (Å²) in [6.07, 6.45) is 0. The van der Waals surface area contributed by atoms with E-state index in [-0.39, 0.29) is 22.2 Å². The van der Waals surface area contributed by atoms with Crippen molar-refractivity contribution in [2.45, 2.75) is 18.7 Å². The van der Waals surface area contributed by atoms with E-state index < -0.39 is 15.9 Å². The number of ketones is 1. The van der Waals surface area contributed by atoms with E-state index in [4.69, 9.17) is 0 Å². The first-order valence-electron chi connectivity index (χ1n) is 5.08. The third-order valence-corrected chi connectivity index (χ3v) is 3.92. The predicted molar refractivity (Wildman–Crippen MR) is 60.3 cm³/mol. The summed E-state index contributed by atoms with van der Waals surface area (Å²) in [5, 5.41) is 0. The van der Waals surface area contributed by atoms with Crippen molar-refractivity contribution >= 4 is 21.7 Å². The lowest BCUT2D eigenvalue weighted by Gasteiger charge is -2.04. The van der Waals surface area contributed by atoms with E-state index in [0.29, 0.717) is 5.56 Å². The Morgan fingerprint density at radius 3 is 2.53 bits per heavy atom. The maximum absolute atomic E-state index is 11.7. The van der Waals surface area contributed by atoms with Gasteiger partial charge in [-0.3, -0.25) is 9.59 Å². The summed E-state index contributed by atoms with van der Waals surface area (Å²) in [4.78, 5) is 22.9. The van der Waals surface area contributed by atoms with Gasteiger partial charge in [0.05, 0.1) is 5.56 Å². The molecule has 0 bridgehead atoms. The van der Waals surface area contributed by atoms with Gasteiger partial charge in [-0.1, -0.05) is 19.9 Å². The Kier molecular flexibility index (Phi) is 2.54. The van der Waals surface area contributed by atoms with Crippen molar-refractivity contribution in [3.63, 3.8) is 0 Å². The fraction of sp³-hybridized carbons (Fsp3) is 0.273. The van der Waals surface area contributed by atoms with Crippen molar-refractivity contribution in [3.05, 3.63) is 29.3 Å². The Hall–Kier alpha value is -1.69. The summed E-state index contributed by atoms with van der Waals surface area (Å²) in [6, 6.07) is 4.09. The SMILES string of the molecule is CC(C)C(=O)c1ccc2c(c1)S(=O)(=O)NC2=O. The van der Waals surface area contributed by atoms with Gasteiger partial charge in [0.25, 0.3) is 15.9 Å². The Morgan fingerprint density at radius 2 is 1.94 bits per heavy atom. The molecule has 0 saturated carbocycles. The van der Waals surface area contributed by atoms with Crippen molar-refractivity contribution < 1.29 is 18.0 Å². The lowest BCUT2D eigenvalue weighted by molar-refractivity contribution is 0.0936. The zero-order valence-electron chi connectivity index (χ0n) is 9.35. The molecule has 0 fully saturated rings. The second-order valence-electron chi connectivity index (χ2n) is 4.16. The molecule has 1 aliphatic rings. The number of rotatable bonds is 2. The zero-order valence-corrected chi connectivity index (χ0v) is 10.2. The Bertz CT molecular complexity index is 616. The van der Waals surface area contributed by atoms with Crippen LogP contribution in [0.2, 0.25) is 0 Å². The molecule has 1 aromatic rings. The van der Waals surface area contributed by atoms with Crippen LogP contribution < -0.4 is 4.72 Å². The van der Waals surface area contributed by atoms with Gasteiger partial charge in [0, 0.05) is 11.5 Å². The molecule has 1 amide bonds. The molecule has 17 heavy (non-hydrogen) atoms. The molecule has 0 aliphatic carbocycles. The molecule has 1 aromatic carbocycles. The average molecular weight is 253 g/mol. The standard InChI is InChI=1S/C11H11NO4S/c1-6(2)10(13)7-3-4-8-9(5-7)17(15,16)12-11(8)14/h3-6H,1-2H3,(H,12,14). The van der Waals surface area contributed by atoms with E-state index in [1.54, 1.807) is 13.8 Å². The molecule has 1 heterocycles. The fourth-order valence-corrected chi connectivity index (χ4v) is 2.85. The second-order valence-corrected chi connectivity index (χ2v) is 5.82. The largest absolute Gasteiger partial charge is 0.294 e. The van der Waals surface area contributed by atoms with Gasteiger partial charge in [-0.25, -0.2) is 13.1 Å². The molecule has 1 aliphatic heterocycles. The van der Waals surface area contributed by atoms with Crippen LogP contribution in [-0.4, -0.2) is 20.1 Å². The molecule has 0 radical (unpaired) electrons. The highest BCUT2D eigenvalue weighted by atomic mass is 32.2. The van der Waals surface area contributed by atoms with Gasteiger partial charge < -0.3 is 0 Å². The number of carbonyl (C=O) groups excluding carboxylic acids is 2. The molecule has 0 aromatic heterocycles. The number of carbonyl (C=O) groups is 2. The predicted octanol–water partition coefficient (Wildman–Crippen LogP) is 0.957. The Labute approximate surface area is 98.9 Å². The van der Waals surface area contributed by atoms with Crippen LogP contribution >= 0.6 is 0 Å². The highest BCUT2D eigenvalue weighted by molar-refractivity contribution is 7.90. The number of benzene rings is 1. The summed E-state index contributed by atoms with van der Waals surface area (Å²) in [5.41, 5.74) is 0.393. The van der Waals surface area contributed by atoms with Gasteiger partial charge in [0.15, 0.2) is 5.78 Å². The molecule has 2 rings (SSSR count). The van der Waals surface area contributed by atoms with Crippen molar-refractivity contribution in [2.24, 2.45) is 5.92 Å². The van der Waals surface area contributed by atoms with Crippen molar-refractivity contribution in [2.75, 3.05) is 0 Å². The quantitative estimate of drug-likeness (QED) is 0.796. The summed E-state index contributed by atoms with van der Waals surface area (Å²) in [5.74, 6) is -1.02. The molecule has 0 spiro atoms. The van der Waals surface area contributed by atoms with Gasteiger partial charge in [0.2, 0.25) is 0 Å². The van der Waals surface area contributed by atoms with Crippen LogP contribution in [-0.2, 0) is 10.0 Å². The van der Waals surface area contributed by atoms with Crippen LogP contribution in [0.3, 0.4) is 0 Å². The van der Waals surface area contributed by atoms with Crippen molar-refractivity contribution in [1.29, 1.82) is 0 Å². The molecule has 6 heteroatoms. The zero-order chi connectivity index (χ0) is 12.8. The van der Waals surface area contributed by atoms with E-state index in [0.717, 1.165) is 0 Å². The molecular weight excluding hydrogens is 242 g/mol. The molecule has 5 nitrogen and oxygen atoms in total. The summed E-state index contributed by atoms with van der Waals surface area (Å²) < 4.78 is 25.0. The molecule has 0 unspecified atom stereocenters. The van der Waals surface area contributed by atoms with E-state index in [1.807, 2.05) is 4.72 Å². The lowest BCUT2D eigenvalue weighted by Crippen LogP contribution is -2.20.